The molecule has 0 heteroatoms. The SMILES string of the molecule is CCCCCC#CCCCCC1=CC1. The highest BCUT2D eigenvalue weighted by Crippen LogP contribution is 2.24. The van der Waals surface area contributed by atoms with Crippen molar-refractivity contribution in [3.63, 3.8) is 0 Å². The highest BCUT2D eigenvalue weighted by Gasteiger charge is 2.04. The summed E-state index contributed by atoms with van der Waals surface area (Å²) >= 11 is 0. The molecule has 0 saturated heterocycles. The van der Waals surface area contributed by atoms with Crippen molar-refractivity contribution >= 4 is 0 Å². The van der Waals surface area contributed by atoms with Crippen LogP contribution >= 0.6 is 0 Å². The van der Waals surface area contributed by atoms with Gasteiger partial charge >= 0.3 is 0 Å². The van der Waals surface area contributed by atoms with Crippen molar-refractivity contribution in [2.24, 2.45) is 0 Å². The fraction of sp³-hybridized carbons (Fsp3) is 0.714. The van der Waals surface area contributed by atoms with E-state index in [9.17, 15) is 0 Å². The minimum atomic E-state index is 1.11. The largest absolute Gasteiger partial charge is 0.103 e. The molecule has 0 bridgehead atoms. The monoisotopic (exact) mass is 190 g/mol. The molecule has 0 radical (unpaired) electrons. The zero-order chi connectivity index (χ0) is 10.1. The lowest BCUT2D eigenvalue weighted by molar-refractivity contribution is 0.734. The summed E-state index contributed by atoms with van der Waals surface area (Å²) in [6.07, 6.45) is 13.7. The Hall–Kier alpha value is -0.700. The molecule has 78 valence electrons. The second-order valence-electron chi connectivity index (χ2n) is 4.08. The average molecular weight is 190 g/mol. The minimum absolute atomic E-state index is 1.11. The van der Waals surface area contributed by atoms with Crippen LogP contribution in [0.25, 0.3) is 0 Å². The molecule has 0 aromatic carbocycles. The van der Waals surface area contributed by atoms with Crippen molar-refractivity contribution < 1.29 is 0 Å². The molecule has 0 aromatic heterocycles. The van der Waals surface area contributed by atoms with Gasteiger partial charge < -0.3 is 0 Å². The predicted molar refractivity (Wildman–Crippen MR) is 63.1 cm³/mol. The van der Waals surface area contributed by atoms with Gasteiger partial charge in [-0.25, -0.2) is 0 Å². The minimum Gasteiger partial charge on any atom is -0.103 e. The molecule has 0 unspecified atom stereocenters. The molecule has 0 N–H and O–H groups in total. The smallest absolute Gasteiger partial charge is 0.00888 e. The Morgan fingerprint density at radius 2 is 1.71 bits per heavy atom. The fourth-order valence-corrected chi connectivity index (χ4v) is 1.48. The zero-order valence-corrected chi connectivity index (χ0v) is 9.44. The first-order valence-corrected chi connectivity index (χ1v) is 6.07. The van der Waals surface area contributed by atoms with Crippen molar-refractivity contribution in [3.05, 3.63) is 11.6 Å². The average Bonchev–Trinajstić information content (AvgIpc) is 2.99. The van der Waals surface area contributed by atoms with Gasteiger partial charge in [-0.2, -0.15) is 0 Å². The highest BCUT2D eigenvalue weighted by atomic mass is 14.1. The van der Waals surface area contributed by atoms with Gasteiger partial charge in [-0.1, -0.05) is 31.4 Å². The third-order valence-corrected chi connectivity index (χ3v) is 2.57. The molecule has 0 saturated carbocycles. The van der Waals surface area contributed by atoms with Crippen LogP contribution in [0.3, 0.4) is 0 Å². The normalized spacial score (nSPS) is 13.1. The van der Waals surface area contributed by atoms with E-state index in [1.165, 1.54) is 44.9 Å². The van der Waals surface area contributed by atoms with Crippen molar-refractivity contribution in [1.82, 2.24) is 0 Å². The van der Waals surface area contributed by atoms with Gasteiger partial charge in [0.05, 0.1) is 0 Å². The molecule has 1 aliphatic rings. The van der Waals surface area contributed by atoms with Gasteiger partial charge in [0.2, 0.25) is 0 Å². The molecule has 0 atom stereocenters. The summed E-state index contributed by atoms with van der Waals surface area (Å²) in [5.41, 5.74) is 1.67. The van der Waals surface area contributed by atoms with Crippen molar-refractivity contribution in [2.75, 3.05) is 0 Å². The number of hydrogen-bond donors (Lipinski definition) is 0. The van der Waals surface area contributed by atoms with Crippen molar-refractivity contribution in [1.29, 1.82) is 0 Å². The van der Waals surface area contributed by atoms with Crippen molar-refractivity contribution in [3.8, 4) is 11.8 Å². The van der Waals surface area contributed by atoms with Crippen LogP contribution in [-0.4, -0.2) is 0 Å². The lowest BCUT2D eigenvalue weighted by Crippen LogP contribution is -1.75. The Bertz CT molecular complexity index is 224. The topological polar surface area (TPSA) is 0 Å². The van der Waals surface area contributed by atoms with E-state index in [2.05, 4.69) is 24.8 Å². The van der Waals surface area contributed by atoms with E-state index in [4.69, 9.17) is 0 Å². The Balaban J connectivity index is 1.79. The van der Waals surface area contributed by atoms with Gasteiger partial charge in [-0.3, -0.25) is 0 Å². The highest BCUT2D eigenvalue weighted by molar-refractivity contribution is 5.21. The van der Waals surface area contributed by atoms with E-state index in [0.29, 0.717) is 0 Å². The van der Waals surface area contributed by atoms with Gasteiger partial charge in [0.15, 0.2) is 0 Å². The number of unbranched alkanes of at least 4 members (excludes halogenated alkanes) is 5. The Labute approximate surface area is 88.8 Å². The third-order valence-electron chi connectivity index (χ3n) is 2.57. The summed E-state index contributed by atoms with van der Waals surface area (Å²) in [6.45, 7) is 2.24. The lowest BCUT2D eigenvalue weighted by Gasteiger charge is -1.92. The summed E-state index contributed by atoms with van der Waals surface area (Å²) in [5.74, 6) is 6.53. The molecule has 0 aliphatic heterocycles. The summed E-state index contributed by atoms with van der Waals surface area (Å²) in [5, 5.41) is 0. The van der Waals surface area contributed by atoms with Crippen LogP contribution in [-0.2, 0) is 0 Å². The van der Waals surface area contributed by atoms with E-state index in [1.54, 1.807) is 5.57 Å². The number of rotatable bonds is 7. The molecule has 14 heavy (non-hydrogen) atoms. The van der Waals surface area contributed by atoms with Gasteiger partial charge in [-0.15, -0.1) is 11.8 Å². The van der Waals surface area contributed by atoms with Crippen LogP contribution in [0.5, 0.6) is 0 Å². The molecular formula is C14H22. The van der Waals surface area contributed by atoms with Crippen LogP contribution in [0, 0.1) is 11.8 Å². The molecule has 0 amide bonds. The molecule has 0 heterocycles. The maximum absolute atomic E-state index is 3.27. The Kier molecular flexibility index (Phi) is 6.24. The molecule has 1 rings (SSSR count). The fourth-order valence-electron chi connectivity index (χ4n) is 1.48. The van der Waals surface area contributed by atoms with Crippen LogP contribution in [0.4, 0.5) is 0 Å². The van der Waals surface area contributed by atoms with Crippen LogP contribution in [0.15, 0.2) is 11.6 Å². The third kappa shape index (κ3) is 6.78. The second kappa shape index (κ2) is 7.68. The summed E-state index contributed by atoms with van der Waals surface area (Å²) in [6, 6.07) is 0. The van der Waals surface area contributed by atoms with Gasteiger partial charge in [-0.05, 0) is 32.1 Å². The molecule has 0 spiro atoms. The summed E-state index contributed by atoms with van der Waals surface area (Å²) in [7, 11) is 0. The van der Waals surface area contributed by atoms with E-state index >= 15 is 0 Å². The van der Waals surface area contributed by atoms with E-state index < -0.39 is 0 Å². The Morgan fingerprint density at radius 3 is 2.29 bits per heavy atom. The number of hydrogen-bond acceptors (Lipinski definition) is 0. The summed E-state index contributed by atoms with van der Waals surface area (Å²) in [4.78, 5) is 0. The predicted octanol–water partition coefficient (Wildman–Crippen LogP) is 4.46. The first kappa shape index (κ1) is 11.4. The Morgan fingerprint density at radius 1 is 1.07 bits per heavy atom. The zero-order valence-electron chi connectivity index (χ0n) is 9.44. The van der Waals surface area contributed by atoms with Crippen LogP contribution < -0.4 is 0 Å². The van der Waals surface area contributed by atoms with Gasteiger partial charge in [0, 0.05) is 12.8 Å². The first-order valence-electron chi connectivity index (χ1n) is 6.07. The maximum Gasteiger partial charge on any atom is 0.00888 e. The van der Waals surface area contributed by atoms with Crippen LogP contribution in [0.2, 0.25) is 0 Å². The molecule has 1 aliphatic carbocycles. The standard InChI is InChI=1S/C14H22/c1-2-3-4-5-6-7-8-9-10-11-14-12-13-14/h12H,2-5,8-11,13H2,1H3. The quantitative estimate of drug-likeness (QED) is 0.316. The molecule has 0 aromatic rings. The summed E-state index contributed by atoms with van der Waals surface area (Å²) < 4.78 is 0. The van der Waals surface area contributed by atoms with E-state index in [-0.39, 0.29) is 0 Å². The molecule has 0 nitrogen and oxygen atoms in total. The van der Waals surface area contributed by atoms with Crippen LogP contribution in [0.1, 0.15) is 64.7 Å². The lowest BCUT2D eigenvalue weighted by atomic mass is 10.1. The van der Waals surface area contributed by atoms with Gasteiger partial charge in [0.25, 0.3) is 0 Å². The first-order chi connectivity index (χ1) is 6.93. The maximum atomic E-state index is 3.27. The van der Waals surface area contributed by atoms with Crippen molar-refractivity contribution in [2.45, 2.75) is 64.7 Å². The van der Waals surface area contributed by atoms with E-state index in [0.717, 1.165) is 12.8 Å². The number of allylic oxidation sites excluding steroid dienone is 2. The van der Waals surface area contributed by atoms with E-state index in [1.807, 2.05) is 0 Å². The molecule has 0 fully saturated rings. The second-order valence-corrected chi connectivity index (χ2v) is 4.08. The van der Waals surface area contributed by atoms with Gasteiger partial charge in [0.1, 0.15) is 0 Å². The molecular weight excluding hydrogens is 168 g/mol.